The molecule has 0 amide bonds. The molecule has 2 heterocycles. The molecule has 2 aromatic carbocycles. The summed E-state index contributed by atoms with van der Waals surface area (Å²) in [5, 5.41) is 2.21. The summed E-state index contributed by atoms with van der Waals surface area (Å²) in [6.07, 6.45) is 5.68. The van der Waals surface area contributed by atoms with Crippen LogP contribution in [0.15, 0.2) is 78.0 Å². The molecule has 0 N–H and O–H groups in total. The minimum Gasteiger partial charge on any atom is -0.466 e. The highest BCUT2D eigenvalue weighted by Crippen LogP contribution is 2.26. The molecule has 0 aliphatic rings. The number of ether oxygens (including phenoxy) is 1. The van der Waals surface area contributed by atoms with Crippen LogP contribution < -0.4 is 4.57 Å². The molecule has 158 valence electrons. The van der Waals surface area contributed by atoms with Crippen LogP contribution in [0.25, 0.3) is 21.8 Å². The van der Waals surface area contributed by atoms with Gasteiger partial charge in [0.15, 0.2) is 6.20 Å². The molecule has 4 rings (SSSR count). The zero-order chi connectivity index (χ0) is 21.6. The highest BCUT2D eigenvalue weighted by molar-refractivity contribution is 8.00. The monoisotopic (exact) mass is 433 g/mol. The second kappa shape index (κ2) is 9.79. The minimum absolute atomic E-state index is 0.0671. The number of fused-ring (bicyclic) bond motifs is 2. The predicted octanol–water partition coefficient (Wildman–Crippen LogP) is 4.86. The van der Waals surface area contributed by atoms with Crippen molar-refractivity contribution < 1.29 is 18.9 Å². The van der Waals surface area contributed by atoms with E-state index < -0.39 is 0 Å². The number of carbonyl (C=O) groups is 2. The van der Waals surface area contributed by atoms with E-state index in [0.29, 0.717) is 12.4 Å². The van der Waals surface area contributed by atoms with Crippen LogP contribution in [0.5, 0.6) is 0 Å². The van der Waals surface area contributed by atoms with E-state index in [1.807, 2.05) is 48.7 Å². The van der Waals surface area contributed by atoms with Crippen LogP contribution in [0.3, 0.4) is 0 Å². The number of hydrogen-bond donors (Lipinski definition) is 0. The third kappa shape index (κ3) is 4.97. The number of aromatic nitrogens is 2. The van der Waals surface area contributed by atoms with E-state index in [9.17, 15) is 9.59 Å². The summed E-state index contributed by atoms with van der Waals surface area (Å²) in [6.45, 7) is 2.74. The Hall–Kier alpha value is -3.12. The number of esters is 1. The van der Waals surface area contributed by atoms with Gasteiger partial charge >= 0.3 is 5.97 Å². The van der Waals surface area contributed by atoms with Gasteiger partial charge in [0.25, 0.3) is 0 Å². The summed E-state index contributed by atoms with van der Waals surface area (Å²) in [5.74, 6) is 0.203. The van der Waals surface area contributed by atoms with Gasteiger partial charge in [-0.25, -0.2) is 0 Å². The average molecular weight is 434 g/mol. The van der Waals surface area contributed by atoms with E-state index in [1.54, 1.807) is 16.3 Å². The lowest BCUT2D eigenvalue weighted by Gasteiger charge is -2.08. The van der Waals surface area contributed by atoms with Crippen molar-refractivity contribution in [1.29, 1.82) is 0 Å². The number of benzene rings is 2. The van der Waals surface area contributed by atoms with Gasteiger partial charge in [-0.15, -0.1) is 11.8 Å². The second-order valence-electron chi connectivity index (χ2n) is 7.36. The number of thioether (sulfide) groups is 1. The fourth-order valence-electron chi connectivity index (χ4n) is 3.69. The van der Waals surface area contributed by atoms with Gasteiger partial charge in [-0.3, -0.25) is 14.2 Å². The molecule has 31 heavy (non-hydrogen) atoms. The topological polar surface area (TPSA) is 52.2 Å². The van der Waals surface area contributed by atoms with E-state index in [4.69, 9.17) is 4.74 Å². The molecule has 0 radical (unpaired) electrons. The number of aryl methyl sites for hydroxylation is 1. The first-order chi connectivity index (χ1) is 15.1. The lowest BCUT2D eigenvalue weighted by atomic mass is 10.2. The third-order valence-electron chi connectivity index (χ3n) is 5.20. The number of nitrogens with zero attached hydrogens (tertiary/aromatic N) is 2. The Labute approximate surface area is 185 Å². The Bertz CT molecular complexity index is 1230. The summed E-state index contributed by atoms with van der Waals surface area (Å²) < 4.78 is 8.96. The molecule has 5 nitrogen and oxygen atoms in total. The predicted molar refractivity (Wildman–Crippen MR) is 123 cm³/mol. The molecule has 0 bridgehead atoms. The van der Waals surface area contributed by atoms with Crippen molar-refractivity contribution in [2.45, 2.75) is 31.2 Å². The fourth-order valence-corrected chi connectivity index (χ4v) is 4.59. The molecular formula is C25H25N2O3S+. The molecule has 6 heteroatoms. The third-order valence-corrected chi connectivity index (χ3v) is 6.26. The van der Waals surface area contributed by atoms with Gasteiger partial charge in [0, 0.05) is 42.0 Å². The normalized spacial score (nSPS) is 11.1. The number of carbonyl (C=O) groups excluding carboxylic acids is 2. The van der Waals surface area contributed by atoms with Crippen LogP contribution in [0.2, 0.25) is 0 Å². The summed E-state index contributed by atoms with van der Waals surface area (Å²) in [6, 6.07) is 20.2. The van der Waals surface area contributed by atoms with E-state index in [2.05, 4.69) is 29.0 Å². The van der Waals surface area contributed by atoms with Crippen LogP contribution in [0, 0.1) is 0 Å². The van der Waals surface area contributed by atoms with Gasteiger partial charge in [0.1, 0.15) is 6.54 Å². The van der Waals surface area contributed by atoms with Crippen molar-refractivity contribution in [2.75, 3.05) is 12.4 Å². The lowest BCUT2D eigenvalue weighted by Crippen LogP contribution is -2.34. The van der Waals surface area contributed by atoms with Crippen molar-refractivity contribution >= 4 is 45.4 Å². The van der Waals surface area contributed by atoms with Crippen molar-refractivity contribution in [1.82, 2.24) is 4.57 Å². The first-order valence-corrected chi connectivity index (χ1v) is 11.4. The molecule has 0 saturated carbocycles. The maximum absolute atomic E-state index is 12.8. The van der Waals surface area contributed by atoms with E-state index >= 15 is 0 Å². The summed E-state index contributed by atoms with van der Waals surface area (Å²) in [5.41, 5.74) is 2.08. The van der Waals surface area contributed by atoms with Crippen molar-refractivity contribution in [3.05, 3.63) is 73.1 Å². The zero-order valence-corrected chi connectivity index (χ0v) is 18.3. The van der Waals surface area contributed by atoms with Crippen molar-refractivity contribution in [3.8, 4) is 0 Å². The summed E-state index contributed by atoms with van der Waals surface area (Å²) in [7, 11) is 0. The van der Waals surface area contributed by atoms with Crippen LogP contribution in [0.1, 0.15) is 24.6 Å². The SMILES string of the molecule is CC(=O)OCCCC[n+]1ccc(SCC(=O)n2ccc3ccccc32)c2ccccc21. The van der Waals surface area contributed by atoms with Gasteiger partial charge in [-0.1, -0.05) is 30.3 Å². The molecule has 0 saturated heterocycles. The van der Waals surface area contributed by atoms with E-state index in [-0.39, 0.29) is 11.9 Å². The Morgan fingerprint density at radius 3 is 2.68 bits per heavy atom. The number of pyridine rings is 1. The molecule has 0 fully saturated rings. The number of unbranched alkanes of at least 4 members (excludes halogenated alkanes) is 1. The van der Waals surface area contributed by atoms with Gasteiger partial charge in [0.2, 0.25) is 11.4 Å². The smallest absolute Gasteiger partial charge is 0.302 e. The largest absolute Gasteiger partial charge is 0.466 e. The quantitative estimate of drug-likeness (QED) is 0.172. The van der Waals surface area contributed by atoms with Crippen LogP contribution in [0.4, 0.5) is 0 Å². The maximum atomic E-state index is 12.8. The second-order valence-corrected chi connectivity index (χ2v) is 8.38. The average Bonchev–Trinajstić information content (AvgIpc) is 3.22. The molecule has 0 aliphatic heterocycles. The summed E-state index contributed by atoms with van der Waals surface area (Å²) in [4.78, 5) is 24.8. The van der Waals surface area contributed by atoms with E-state index in [0.717, 1.165) is 46.1 Å². The summed E-state index contributed by atoms with van der Waals surface area (Å²) >= 11 is 1.57. The molecule has 0 unspecified atom stereocenters. The molecule has 2 aromatic heterocycles. The Morgan fingerprint density at radius 2 is 1.81 bits per heavy atom. The number of hydrogen-bond acceptors (Lipinski definition) is 4. The Kier molecular flexibility index (Phi) is 6.67. The number of rotatable bonds is 8. The van der Waals surface area contributed by atoms with Crippen LogP contribution in [-0.4, -0.2) is 28.8 Å². The highest BCUT2D eigenvalue weighted by atomic mass is 32.2. The molecule has 0 aliphatic carbocycles. The molecule has 0 spiro atoms. The van der Waals surface area contributed by atoms with Crippen LogP contribution in [-0.2, 0) is 16.1 Å². The lowest BCUT2D eigenvalue weighted by molar-refractivity contribution is -0.672. The maximum Gasteiger partial charge on any atom is 0.302 e. The van der Waals surface area contributed by atoms with Crippen molar-refractivity contribution in [2.24, 2.45) is 0 Å². The highest BCUT2D eigenvalue weighted by Gasteiger charge is 2.15. The fraction of sp³-hybridized carbons (Fsp3) is 0.240. The number of para-hydroxylation sites is 2. The Balaban J connectivity index is 1.46. The van der Waals surface area contributed by atoms with Crippen molar-refractivity contribution in [3.63, 3.8) is 0 Å². The van der Waals surface area contributed by atoms with Gasteiger partial charge in [0.05, 0.1) is 23.3 Å². The van der Waals surface area contributed by atoms with Gasteiger partial charge in [-0.05, 0) is 24.6 Å². The minimum atomic E-state index is -0.234. The van der Waals surface area contributed by atoms with Gasteiger partial charge in [-0.2, -0.15) is 4.57 Å². The first kappa shape index (κ1) is 21.1. The van der Waals surface area contributed by atoms with Gasteiger partial charge < -0.3 is 4.74 Å². The molecule has 0 atom stereocenters. The molecule has 4 aromatic rings. The Morgan fingerprint density at radius 1 is 1.00 bits per heavy atom. The first-order valence-electron chi connectivity index (χ1n) is 10.4. The standard InChI is InChI=1S/C25H25N2O3S/c1-19(28)30-17-7-6-14-26-15-13-24(21-9-3-5-11-23(21)26)31-18-25(29)27-16-12-20-8-2-4-10-22(20)27/h2-5,8-13,15-16H,6-7,14,17-18H2,1H3/q+1. The molecular weight excluding hydrogens is 408 g/mol. The van der Waals surface area contributed by atoms with E-state index in [1.165, 1.54) is 6.92 Å². The zero-order valence-electron chi connectivity index (χ0n) is 17.5. The van der Waals surface area contributed by atoms with Crippen LogP contribution >= 0.6 is 11.8 Å².